The Morgan fingerprint density at radius 3 is 2.21 bits per heavy atom. The maximum Gasteiger partial charge on any atom is 0.336 e. The lowest BCUT2D eigenvalue weighted by Gasteiger charge is -2.20. The highest BCUT2D eigenvalue weighted by atomic mass is 35.5. The number of aliphatic hydroxyl groups is 1. The van der Waals surface area contributed by atoms with Crippen molar-refractivity contribution in [1.82, 2.24) is 0 Å². The molecule has 2 rings (SSSR count). The summed E-state index contributed by atoms with van der Waals surface area (Å²) in [6.07, 6.45) is -0.973. The van der Waals surface area contributed by atoms with Crippen molar-refractivity contribution in [3.05, 3.63) is 51.0 Å². The molecule has 0 saturated heterocycles. The molecular formula is C15H13Cl3N2O3S. The van der Waals surface area contributed by atoms with Crippen LogP contribution in [0, 0.1) is 0 Å². The molecule has 1 atom stereocenters. The van der Waals surface area contributed by atoms with Crippen molar-refractivity contribution in [2.45, 2.75) is 13.0 Å². The molecular weight excluding hydrogens is 395 g/mol. The van der Waals surface area contributed by atoms with Crippen molar-refractivity contribution >= 4 is 65.0 Å². The Morgan fingerprint density at radius 1 is 1.12 bits per heavy atom. The maximum atomic E-state index is 12.3. The Hall–Kier alpha value is -1.31. The zero-order valence-corrected chi connectivity index (χ0v) is 15.5. The van der Waals surface area contributed by atoms with Crippen LogP contribution in [0.25, 0.3) is 0 Å². The summed E-state index contributed by atoms with van der Waals surface area (Å²) in [6.45, 7) is 1.46. The molecule has 0 radical (unpaired) electrons. The van der Waals surface area contributed by atoms with E-state index in [4.69, 9.17) is 34.8 Å². The molecule has 3 N–H and O–H groups in total. The van der Waals surface area contributed by atoms with Gasteiger partial charge in [0.25, 0.3) is 0 Å². The van der Waals surface area contributed by atoms with E-state index in [0.29, 0.717) is 15.7 Å². The van der Waals surface area contributed by atoms with E-state index < -0.39 is 12.1 Å². The van der Waals surface area contributed by atoms with Gasteiger partial charge in [0, 0.05) is 26.3 Å². The molecule has 0 aromatic heterocycles. The molecule has 128 valence electrons. The minimum Gasteiger partial charge on any atom is -0.505 e. The van der Waals surface area contributed by atoms with Gasteiger partial charge >= 0.3 is 6.03 Å². The molecule has 0 saturated carbocycles. The molecule has 2 aromatic rings. The number of urea groups is 1. The highest BCUT2D eigenvalue weighted by Crippen LogP contribution is 2.38. The molecule has 2 aromatic carbocycles. The predicted molar refractivity (Wildman–Crippen MR) is 101 cm³/mol. The Morgan fingerprint density at radius 2 is 1.67 bits per heavy atom. The number of aromatic hydroxyl groups is 1. The predicted octanol–water partition coefficient (Wildman–Crippen LogP) is 5.29. The number of amides is 2. The fourth-order valence-corrected chi connectivity index (χ4v) is 2.95. The van der Waals surface area contributed by atoms with Crippen LogP contribution >= 0.6 is 47.6 Å². The fraction of sp³-hybridized carbons (Fsp3) is 0.133. The van der Waals surface area contributed by atoms with Crippen LogP contribution in [-0.2, 0) is 0 Å². The first-order valence-corrected chi connectivity index (χ1v) is 8.19. The fourth-order valence-electron chi connectivity index (χ4n) is 2.00. The molecule has 24 heavy (non-hydrogen) atoms. The Kier molecular flexibility index (Phi) is 6.11. The quantitative estimate of drug-likeness (QED) is 0.522. The maximum absolute atomic E-state index is 12.3. The first kappa shape index (κ1) is 19.0. The summed E-state index contributed by atoms with van der Waals surface area (Å²) in [6, 6.07) is 6.61. The highest BCUT2D eigenvalue weighted by Gasteiger charge is 2.21. The van der Waals surface area contributed by atoms with Crippen LogP contribution in [0.5, 0.6) is 5.75 Å². The standard InChI is InChI=1S/C15H13Cl3N2O3S/c1-7(21)12-5-10(18)6-13(14(12)22)20(24)15(23)19-11-3-8(16)2-9(17)4-11/h2-7,21-22,24H,1H3,(H,19,23). The second kappa shape index (κ2) is 7.72. The average molecular weight is 408 g/mol. The molecule has 9 heteroatoms. The third-order valence-electron chi connectivity index (χ3n) is 3.07. The van der Waals surface area contributed by atoms with Gasteiger partial charge in [0.15, 0.2) is 0 Å². The zero-order valence-electron chi connectivity index (χ0n) is 12.3. The lowest BCUT2D eigenvalue weighted by Crippen LogP contribution is -2.27. The smallest absolute Gasteiger partial charge is 0.336 e. The van der Waals surface area contributed by atoms with Gasteiger partial charge < -0.3 is 15.5 Å². The van der Waals surface area contributed by atoms with Crippen LogP contribution in [0.1, 0.15) is 18.6 Å². The van der Waals surface area contributed by atoms with Gasteiger partial charge in [0.1, 0.15) is 11.4 Å². The number of anilines is 2. The lowest BCUT2D eigenvalue weighted by molar-refractivity contribution is 0.195. The van der Waals surface area contributed by atoms with Crippen molar-refractivity contribution in [1.29, 1.82) is 0 Å². The van der Waals surface area contributed by atoms with E-state index in [-0.39, 0.29) is 22.0 Å². The molecule has 0 aliphatic heterocycles. The van der Waals surface area contributed by atoms with Crippen molar-refractivity contribution in [2.75, 3.05) is 9.62 Å². The van der Waals surface area contributed by atoms with Crippen molar-refractivity contribution in [3.8, 4) is 5.75 Å². The number of hydrogen-bond donors (Lipinski definition) is 4. The minimum atomic E-state index is -0.973. The molecule has 0 aliphatic carbocycles. The number of hydrogen-bond acceptors (Lipinski definition) is 4. The number of nitrogens with zero attached hydrogens (tertiary/aromatic N) is 1. The van der Waals surface area contributed by atoms with E-state index in [1.54, 1.807) is 0 Å². The zero-order chi connectivity index (χ0) is 18.0. The number of nitrogens with one attached hydrogen (secondary N) is 1. The number of carbonyl (C=O) groups is 1. The van der Waals surface area contributed by atoms with E-state index >= 15 is 0 Å². The van der Waals surface area contributed by atoms with E-state index in [0.717, 1.165) is 4.31 Å². The van der Waals surface area contributed by atoms with Crippen LogP contribution in [0.4, 0.5) is 16.2 Å². The summed E-state index contributed by atoms with van der Waals surface area (Å²) in [4.78, 5) is 12.3. The normalized spacial score (nSPS) is 11.9. The molecule has 5 nitrogen and oxygen atoms in total. The molecule has 1 unspecified atom stereocenters. The number of rotatable bonds is 3. The van der Waals surface area contributed by atoms with Gasteiger partial charge in [-0.2, -0.15) is 0 Å². The Labute approximate surface area is 159 Å². The number of carbonyl (C=O) groups excluding carboxylic acids is 1. The van der Waals surface area contributed by atoms with Crippen LogP contribution in [-0.4, -0.2) is 16.2 Å². The molecule has 0 heterocycles. The van der Waals surface area contributed by atoms with Gasteiger partial charge in [-0.25, -0.2) is 9.10 Å². The van der Waals surface area contributed by atoms with Crippen LogP contribution in [0.2, 0.25) is 15.1 Å². The SMILES string of the molecule is CC(O)c1cc(Cl)cc(N(S)C(=O)Nc2cc(Cl)cc(Cl)c2)c1O. The largest absolute Gasteiger partial charge is 0.505 e. The van der Waals surface area contributed by atoms with Crippen LogP contribution < -0.4 is 9.62 Å². The van der Waals surface area contributed by atoms with Gasteiger partial charge in [-0.3, -0.25) is 0 Å². The summed E-state index contributed by atoms with van der Waals surface area (Å²) in [5, 5.41) is 23.4. The van der Waals surface area contributed by atoms with Crippen molar-refractivity contribution < 1.29 is 15.0 Å². The van der Waals surface area contributed by atoms with Gasteiger partial charge in [-0.15, -0.1) is 0 Å². The van der Waals surface area contributed by atoms with Gasteiger partial charge in [0.2, 0.25) is 0 Å². The van der Waals surface area contributed by atoms with Gasteiger partial charge in [-0.1, -0.05) is 47.6 Å². The Bertz CT molecular complexity index is 767. The van der Waals surface area contributed by atoms with E-state index in [9.17, 15) is 15.0 Å². The number of phenolic OH excluding ortho intramolecular Hbond substituents is 1. The van der Waals surface area contributed by atoms with Crippen LogP contribution in [0.15, 0.2) is 30.3 Å². The topological polar surface area (TPSA) is 72.8 Å². The van der Waals surface area contributed by atoms with Gasteiger partial charge in [-0.05, 0) is 37.3 Å². The first-order chi connectivity index (χ1) is 11.2. The van der Waals surface area contributed by atoms with Gasteiger partial charge in [0.05, 0.1) is 6.10 Å². The number of phenols is 1. The number of thiol groups is 1. The highest BCUT2D eigenvalue weighted by molar-refractivity contribution is 7.82. The number of halogens is 3. The molecule has 0 bridgehead atoms. The third kappa shape index (κ3) is 4.40. The summed E-state index contributed by atoms with van der Waals surface area (Å²) >= 11 is 21.8. The monoisotopic (exact) mass is 406 g/mol. The summed E-state index contributed by atoms with van der Waals surface area (Å²) < 4.78 is 0.863. The molecule has 0 spiro atoms. The van der Waals surface area contributed by atoms with E-state index in [1.165, 1.54) is 37.3 Å². The second-order valence-electron chi connectivity index (χ2n) is 4.94. The summed E-state index contributed by atoms with van der Waals surface area (Å²) in [7, 11) is 0. The summed E-state index contributed by atoms with van der Waals surface area (Å²) in [5.41, 5.74) is 0.552. The minimum absolute atomic E-state index is 0.0207. The number of aliphatic hydroxyl groups excluding tert-OH is 1. The van der Waals surface area contributed by atoms with Crippen LogP contribution in [0.3, 0.4) is 0 Å². The van der Waals surface area contributed by atoms with Crippen molar-refractivity contribution in [3.63, 3.8) is 0 Å². The summed E-state index contributed by atoms with van der Waals surface area (Å²) in [5.74, 6) is -0.302. The first-order valence-electron chi connectivity index (χ1n) is 6.65. The van der Waals surface area contributed by atoms with E-state index in [1.807, 2.05) is 0 Å². The third-order valence-corrected chi connectivity index (χ3v) is 4.12. The lowest BCUT2D eigenvalue weighted by atomic mass is 10.1. The Balaban J connectivity index is 2.31. The molecule has 0 fully saturated rings. The average Bonchev–Trinajstić information content (AvgIpc) is 2.47. The number of benzene rings is 2. The molecule has 2 amide bonds. The van der Waals surface area contributed by atoms with Crippen molar-refractivity contribution in [2.24, 2.45) is 0 Å². The van der Waals surface area contributed by atoms with E-state index in [2.05, 4.69) is 18.1 Å². The molecule has 0 aliphatic rings. The second-order valence-corrected chi connectivity index (χ2v) is 6.65.